The number of ether oxygens (including phenoxy) is 5. The van der Waals surface area contributed by atoms with Gasteiger partial charge < -0.3 is 54.3 Å². The molecule has 6 N–H and O–H groups in total. The number of hydrogen-bond donors (Lipinski definition) is 6. The topological polar surface area (TPSA) is 280 Å². The van der Waals surface area contributed by atoms with Gasteiger partial charge in [-0.15, -0.1) is 0 Å². The maximum atomic E-state index is 14.8. The molecule has 88 heavy (non-hydrogen) atoms. The Bertz CT molecular complexity index is 1860. The molecule has 0 aliphatic carbocycles. The number of unbranched alkanes of at least 4 members (excludes halogenated alkanes) is 30. The standard InChI is InChI=1S/C68H127N2O17P/c1-7-13-19-22-25-28-31-34-40-43-55(82-61(74)46-37-16-10-4)51-59(72)69-50-49-68(70-60(73)52-56(83-62(75)47-38-17-11-5)44-41-35-32-29-26-23-20-14-8-2)66(65(87-88(79,80)81)58(54-71)85-67(68)78)86-64(77)53-57(84-63(76)48-39-18-12-6)45-42-36-33-30-27-24-21-15-9-3/h55-58,65-67,71,78H,7-54H2,1-6H3,(H,69,72)(H,70,73)(H2,79,80,81)/t55-,56-,57-,58-,65-,66+,67+,68-/m1/s1. The Balaban J connectivity index is 3.84. The summed E-state index contributed by atoms with van der Waals surface area (Å²) in [7, 11) is -5.56. The number of esters is 4. The highest BCUT2D eigenvalue weighted by molar-refractivity contribution is 7.46. The van der Waals surface area contributed by atoms with Gasteiger partial charge in [0.1, 0.15) is 36.1 Å². The van der Waals surface area contributed by atoms with Crippen molar-refractivity contribution in [3.63, 3.8) is 0 Å². The number of phosphoric acid groups is 1. The minimum atomic E-state index is -5.56. The van der Waals surface area contributed by atoms with Crippen molar-refractivity contribution in [3.05, 3.63) is 0 Å². The molecule has 0 aromatic heterocycles. The zero-order valence-electron chi connectivity index (χ0n) is 56.0. The molecule has 19 nitrogen and oxygen atoms in total. The number of carbonyl (C=O) groups is 6. The maximum absolute atomic E-state index is 14.8. The smallest absolute Gasteiger partial charge is 0.462 e. The first-order valence-electron chi connectivity index (χ1n) is 35.5. The molecule has 0 aromatic rings. The number of hydrogen-bond acceptors (Lipinski definition) is 15. The van der Waals surface area contributed by atoms with Crippen LogP contribution in [0.3, 0.4) is 0 Å². The number of aliphatic hydroxyl groups is 2. The molecule has 0 unspecified atom stereocenters. The van der Waals surface area contributed by atoms with Gasteiger partial charge in [-0.2, -0.15) is 0 Å². The molecular formula is C68H127N2O17P. The van der Waals surface area contributed by atoms with Crippen LogP contribution < -0.4 is 10.6 Å². The van der Waals surface area contributed by atoms with Gasteiger partial charge in [0.15, 0.2) is 12.4 Å². The highest BCUT2D eigenvalue weighted by Crippen LogP contribution is 2.45. The van der Waals surface area contributed by atoms with E-state index in [0.717, 1.165) is 148 Å². The molecule has 8 atom stereocenters. The largest absolute Gasteiger partial charge is 0.470 e. The fourth-order valence-corrected chi connectivity index (χ4v) is 12.1. The van der Waals surface area contributed by atoms with Gasteiger partial charge in [-0.25, -0.2) is 4.57 Å². The summed E-state index contributed by atoms with van der Waals surface area (Å²) >= 11 is 0. The lowest BCUT2D eigenvalue weighted by atomic mass is 9.79. The van der Waals surface area contributed by atoms with Gasteiger partial charge in [0.2, 0.25) is 11.8 Å². The van der Waals surface area contributed by atoms with Gasteiger partial charge in [-0.1, -0.05) is 234 Å². The molecule has 1 aliphatic heterocycles. The van der Waals surface area contributed by atoms with Gasteiger partial charge in [0.25, 0.3) is 0 Å². The summed E-state index contributed by atoms with van der Waals surface area (Å²) in [6.45, 7) is 11.2. The van der Waals surface area contributed by atoms with Gasteiger partial charge >= 0.3 is 31.7 Å². The monoisotopic (exact) mass is 1270 g/mol. The molecule has 0 spiro atoms. The second-order valence-corrected chi connectivity index (χ2v) is 26.2. The van der Waals surface area contributed by atoms with Crippen molar-refractivity contribution in [3.8, 4) is 0 Å². The van der Waals surface area contributed by atoms with E-state index >= 15 is 0 Å². The summed E-state index contributed by atoms with van der Waals surface area (Å²) in [6, 6.07) is 0. The van der Waals surface area contributed by atoms with E-state index in [-0.39, 0.29) is 32.2 Å². The maximum Gasteiger partial charge on any atom is 0.470 e. The van der Waals surface area contributed by atoms with E-state index < -0.39 is 118 Å². The summed E-state index contributed by atoms with van der Waals surface area (Å²) in [5.74, 6) is -3.81. The third-order valence-electron chi connectivity index (χ3n) is 16.8. The van der Waals surface area contributed by atoms with E-state index in [1.165, 1.54) is 51.4 Å². The van der Waals surface area contributed by atoms with Crippen molar-refractivity contribution >= 4 is 43.5 Å². The number of nitrogens with one attached hydrogen (secondary N) is 2. The van der Waals surface area contributed by atoms with Gasteiger partial charge in [-0.05, 0) is 64.2 Å². The number of phosphoric ester groups is 1. The molecule has 0 radical (unpaired) electrons. The Morgan fingerprint density at radius 3 is 1.15 bits per heavy atom. The number of aliphatic hydroxyl groups excluding tert-OH is 2. The lowest BCUT2D eigenvalue weighted by molar-refractivity contribution is -0.285. The Kier molecular flexibility index (Phi) is 50.2. The van der Waals surface area contributed by atoms with Crippen molar-refractivity contribution in [2.75, 3.05) is 13.2 Å². The van der Waals surface area contributed by atoms with Crippen LogP contribution in [0.5, 0.6) is 0 Å². The average Bonchev–Trinajstić information content (AvgIpc) is 2.42. The number of rotatable bonds is 59. The fraction of sp³-hybridized carbons (Fsp3) is 0.912. The van der Waals surface area contributed by atoms with E-state index in [9.17, 15) is 53.3 Å². The predicted molar refractivity (Wildman–Crippen MR) is 345 cm³/mol. The van der Waals surface area contributed by atoms with Crippen LogP contribution in [0.1, 0.15) is 337 Å². The lowest BCUT2D eigenvalue weighted by Crippen LogP contribution is -2.75. The van der Waals surface area contributed by atoms with Crippen molar-refractivity contribution in [1.82, 2.24) is 10.6 Å². The molecule has 1 saturated heterocycles. The third-order valence-corrected chi connectivity index (χ3v) is 17.3. The molecule has 1 fully saturated rings. The molecule has 516 valence electrons. The van der Waals surface area contributed by atoms with Gasteiger partial charge in [-0.3, -0.25) is 33.3 Å². The van der Waals surface area contributed by atoms with E-state index in [0.29, 0.717) is 51.4 Å². The first-order chi connectivity index (χ1) is 42.4. The Morgan fingerprint density at radius 2 is 0.795 bits per heavy atom. The molecule has 2 amide bonds. The van der Waals surface area contributed by atoms with Crippen molar-refractivity contribution in [1.29, 1.82) is 0 Å². The van der Waals surface area contributed by atoms with Crippen LogP contribution >= 0.6 is 7.82 Å². The second-order valence-electron chi connectivity index (χ2n) is 25.0. The predicted octanol–water partition coefficient (Wildman–Crippen LogP) is 14.9. The van der Waals surface area contributed by atoms with E-state index in [1.807, 2.05) is 20.8 Å². The fourth-order valence-electron chi connectivity index (χ4n) is 11.6. The van der Waals surface area contributed by atoms with Crippen LogP contribution in [0, 0.1) is 0 Å². The minimum absolute atomic E-state index is 0.121. The van der Waals surface area contributed by atoms with E-state index in [4.69, 9.17) is 28.2 Å². The highest BCUT2D eigenvalue weighted by atomic mass is 31.2. The molecule has 0 saturated carbocycles. The van der Waals surface area contributed by atoms with Crippen LogP contribution in [-0.2, 0) is 61.5 Å². The highest BCUT2D eigenvalue weighted by Gasteiger charge is 2.60. The number of amides is 2. The molecule has 0 bridgehead atoms. The second kappa shape index (κ2) is 53.3. The van der Waals surface area contributed by atoms with Crippen molar-refractivity contribution in [2.24, 2.45) is 0 Å². The average molecular weight is 1280 g/mol. The van der Waals surface area contributed by atoms with Crippen LogP contribution in [0.15, 0.2) is 0 Å². The van der Waals surface area contributed by atoms with Crippen molar-refractivity contribution in [2.45, 2.75) is 385 Å². The van der Waals surface area contributed by atoms with Crippen LogP contribution in [0.2, 0.25) is 0 Å². The van der Waals surface area contributed by atoms with Crippen LogP contribution in [-0.4, -0.2) is 117 Å². The first kappa shape index (κ1) is 82.8. The van der Waals surface area contributed by atoms with Crippen LogP contribution in [0.25, 0.3) is 0 Å². The van der Waals surface area contributed by atoms with E-state index in [2.05, 4.69) is 31.4 Å². The molecule has 1 heterocycles. The zero-order valence-corrected chi connectivity index (χ0v) is 56.9. The molecule has 0 aromatic carbocycles. The summed E-state index contributed by atoms with van der Waals surface area (Å²) < 4.78 is 48.1. The third kappa shape index (κ3) is 41.3. The normalized spacial score (nSPS) is 18.7. The van der Waals surface area contributed by atoms with E-state index in [1.54, 1.807) is 0 Å². The van der Waals surface area contributed by atoms with Crippen molar-refractivity contribution < 1.29 is 81.5 Å². The molecular weight excluding hydrogens is 1150 g/mol. The minimum Gasteiger partial charge on any atom is -0.462 e. The zero-order chi connectivity index (χ0) is 65.1. The quantitative estimate of drug-likeness (QED) is 0.0143. The van der Waals surface area contributed by atoms with Gasteiger partial charge in [0.05, 0.1) is 25.9 Å². The van der Waals surface area contributed by atoms with Crippen LogP contribution in [0.4, 0.5) is 0 Å². The molecule has 20 heteroatoms. The van der Waals surface area contributed by atoms with Gasteiger partial charge in [0, 0.05) is 25.8 Å². The SMILES string of the molecule is CCCCCCCCCCC[C@H](CC(=O)NCC[C@]1(NC(=O)C[C@@H](CCCCCCCCCCC)OC(=O)CCCCC)[C@@H](O)O[C@H](CO)[C@@H](OP(=O)(O)O)[C@@H]1OC(=O)C[C@@H](CCCCCCCCCCC)OC(=O)CCCCC)OC(=O)CCCCC. The summed E-state index contributed by atoms with van der Waals surface area (Å²) in [4.78, 5) is 104. The first-order valence-corrected chi connectivity index (χ1v) is 37.0. The Morgan fingerprint density at radius 1 is 0.466 bits per heavy atom. The molecule has 1 rings (SSSR count). The summed E-state index contributed by atoms with van der Waals surface area (Å²) in [5, 5.41) is 28.6. The number of carbonyl (C=O) groups excluding carboxylic acids is 6. The Hall–Kier alpha value is -3.19. The summed E-state index contributed by atoms with van der Waals surface area (Å²) in [6.07, 6.45) is 24.1. The molecule has 1 aliphatic rings. The Labute approximate surface area is 532 Å². The summed E-state index contributed by atoms with van der Waals surface area (Å²) in [5.41, 5.74) is -2.38. The lowest BCUT2D eigenvalue weighted by Gasteiger charge is -2.51.